The highest BCUT2D eigenvalue weighted by Gasteiger charge is 2.35. The molecule has 0 bridgehead atoms. The van der Waals surface area contributed by atoms with Gasteiger partial charge in [0.15, 0.2) is 0 Å². The summed E-state index contributed by atoms with van der Waals surface area (Å²) in [5.74, 6) is 1.02. The highest BCUT2D eigenvalue weighted by molar-refractivity contribution is 5.80. The maximum Gasteiger partial charge on any atom is 0.305 e. The van der Waals surface area contributed by atoms with Gasteiger partial charge in [-0.3, -0.25) is 9.59 Å². The molecular weight excluding hydrogens is 394 g/mol. The van der Waals surface area contributed by atoms with Gasteiger partial charge < -0.3 is 15.7 Å². The Labute approximate surface area is 181 Å². The Morgan fingerprint density at radius 2 is 2.03 bits per heavy atom. The fraction of sp³-hybridized carbons (Fsp3) is 0.522. The SMILES string of the molecule is Cc1ncc([C@H](CC(=O)O)NC(=O)[C@H]2C[C@@H](CCc3ccc4c(n3)NCCC4)C2)cn1. The summed E-state index contributed by atoms with van der Waals surface area (Å²) in [4.78, 5) is 36.9. The number of anilines is 1. The molecule has 1 amide bonds. The molecule has 3 heterocycles. The van der Waals surface area contributed by atoms with Crippen molar-refractivity contribution in [2.45, 2.75) is 57.9 Å². The third-order valence-electron chi connectivity index (χ3n) is 6.27. The maximum absolute atomic E-state index is 12.7. The molecule has 0 unspecified atom stereocenters. The van der Waals surface area contributed by atoms with Crippen molar-refractivity contribution in [3.05, 3.63) is 47.2 Å². The Morgan fingerprint density at radius 3 is 2.77 bits per heavy atom. The second-order valence-corrected chi connectivity index (χ2v) is 8.64. The van der Waals surface area contributed by atoms with Gasteiger partial charge in [-0.05, 0) is 63.0 Å². The minimum Gasteiger partial charge on any atom is -0.481 e. The average Bonchev–Trinajstić information content (AvgIpc) is 2.72. The van der Waals surface area contributed by atoms with Gasteiger partial charge in [-0.15, -0.1) is 0 Å². The van der Waals surface area contributed by atoms with E-state index in [1.807, 2.05) is 0 Å². The van der Waals surface area contributed by atoms with Crippen LogP contribution in [0.25, 0.3) is 0 Å². The van der Waals surface area contributed by atoms with E-state index in [2.05, 4.69) is 32.7 Å². The number of aromatic nitrogens is 3. The lowest BCUT2D eigenvalue weighted by Crippen LogP contribution is -2.41. The van der Waals surface area contributed by atoms with E-state index in [1.165, 1.54) is 5.56 Å². The van der Waals surface area contributed by atoms with Crippen LogP contribution in [0.5, 0.6) is 0 Å². The number of carboxylic acids is 1. The van der Waals surface area contributed by atoms with Crippen molar-refractivity contribution in [1.82, 2.24) is 20.3 Å². The third-order valence-corrected chi connectivity index (χ3v) is 6.27. The van der Waals surface area contributed by atoms with E-state index in [0.717, 1.165) is 56.6 Å². The summed E-state index contributed by atoms with van der Waals surface area (Å²) in [6.45, 7) is 2.75. The number of fused-ring (bicyclic) bond motifs is 1. The molecule has 1 saturated carbocycles. The molecule has 4 rings (SSSR count). The molecule has 3 N–H and O–H groups in total. The zero-order valence-corrected chi connectivity index (χ0v) is 17.8. The monoisotopic (exact) mass is 423 g/mol. The van der Waals surface area contributed by atoms with Crippen molar-refractivity contribution in [3.63, 3.8) is 0 Å². The third kappa shape index (κ3) is 5.37. The van der Waals surface area contributed by atoms with Crippen LogP contribution in [0.3, 0.4) is 0 Å². The van der Waals surface area contributed by atoms with Gasteiger partial charge in [-0.1, -0.05) is 6.07 Å². The molecule has 8 heteroatoms. The van der Waals surface area contributed by atoms with Crippen molar-refractivity contribution >= 4 is 17.7 Å². The molecule has 1 aliphatic carbocycles. The predicted octanol–water partition coefficient (Wildman–Crippen LogP) is 2.83. The molecule has 0 radical (unpaired) electrons. The molecule has 8 nitrogen and oxygen atoms in total. The van der Waals surface area contributed by atoms with E-state index in [4.69, 9.17) is 4.98 Å². The lowest BCUT2D eigenvalue weighted by Gasteiger charge is -2.35. The summed E-state index contributed by atoms with van der Waals surface area (Å²) in [6.07, 6.45) is 8.82. The molecule has 2 aliphatic rings. The zero-order valence-electron chi connectivity index (χ0n) is 17.8. The number of carbonyl (C=O) groups excluding carboxylic acids is 1. The lowest BCUT2D eigenvalue weighted by molar-refractivity contribution is -0.138. The smallest absolute Gasteiger partial charge is 0.305 e. The molecular formula is C23H29N5O3. The first-order chi connectivity index (χ1) is 15.0. The number of carbonyl (C=O) groups is 2. The number of hydrogen-bond donors (Lipinski definition) is 3. The number of aryl methyl sites for hydroxylation is 3. The molecule has 164 valence electrons. The highest BCUT2D eigenvalue weighted by Crippen LogP contribution is 2.37. The van der Waals surface area contributed by atoms with Crippen molar-refractivity contribution in [3.8, 4) is 0 Å². The van der Waals surface area contributed by atoms with Crippen LogP contribution in [-0.2, 0) is 22.4 Å². The largest absolute Gasteiger partial charge is 0.481 e. The van der Waals surface area contributed by atoms with Crippen LogP contribution in [0, 0.1) is 18.8 Å². The van der Waals surface area contributed by atoms with Crippen LogP contribution in [0.1, 0.15) is 60.8 Å². The number of aliphatic carboxylic acids is 1. The standard InChI is InChI=1S/C23H29N5O3/c1-14-25-12-18(13-26-14)20(11-21(29)30)28-23(31)17-9-15(10-17)4-6-19-7-5-16-3-2-8-24-22(16)27-19/h5,7,12-13,15,17,20H,2-4,6,8-11H2,1H3,(H,24,27)(H,28,31)(H,29,30)/t15-,17+,20-/m0/s1. The molecule has 31 heavy (non-hydrogen) atoms. The number of carboxylic acid groups (broad SMARTS) is 1. The molecule has 2 aromatic heterocycles. The van der Waals surface area contributed by atoms with Gasteiger partial charge in [0.1, 0.15) is 11.6 Å². The average molecular weight is 424 g/mol. The topological polar surface area (TPSA) is 117 Å². The van der Waals surface area contributed by atoms with E-state index in [0.29, 0.717) is 17.3 Å². The second-order valence-electron chi connectivity index (χ2n) is 8.64. The maximum atomic E-state index is 12.7. The highest BCUT2D eigenvalue weighted by atomic mass is 16.4. The van der Waals surface area contributed by atoms with Gasteiger partial charge in [-0.25, -0.2) is 15.0 Å². The fourth-order valence-corrected chi connectivity index (χ4v) is 4.34. The molecule has 1 fully saturated rings. The Hall–Kier alpha value is -3.03. The van der Waals surface area contributed by atoms with Gasteiger partial charge >= 0.3 is 5.97 Å². The second kappa shape index (κ2) is 9.41. The number of rotatable bonds is 8. The fourth-order valence-electron chi connectivity index (χ4n) is 4.34. The predicted molar refractivity (Wildman–Crippen MR) is 115 cm³/mol. The van der Waals surface area contributed by atoms with Crippen molar-refractivity contribution in [2.24, 2.45) is 11.8 Å². The molecule has 0 aromatic carbocycles. The Bertz CT molecular complexity index is 941. The number of pyridine rings is 1. The quantitative estimate of drug-likeness (QED) is 0.598. The first kappa shape index (κ1) is 21.2. The Morgan fingerprint density at radius 1 is 1.26 bits per heavy atom. The van der Waals surface area contributed by atoms with Gasteiger partial charge in [0.2, 0.25) is 5.91 Å². The summed E-state index contributed by atoms with van der Waals surface area (Å²) in [6, 6.07) is 3.68. The van der Waals surface area contributed by atoms with Gasteiger partial charge in [0, 0.05) is 36.1 Å². The molecule has 1 atom stereocenters. The number of nitrogens with zero attached hydrogens (tertiary/aromatic N) is 3. The van der Waals surface area contributed by atoms with E-state index in [9.17, 15) is 14.7 Å². The van der Waals surface area contributed by atoms with E-state index in [1.54, 1.807) is 19.3 Å². The summed E-state index contributed by atoms with van der Waals surface area (Å²) in [7, 11) is 0. The van der Waals surface area contributed by atoms with E-state index in [-0.39, 0.29) is 18.2 Å². The van der Waals surface area contributed by atoms with Crippen molar-refractivity contribution in [1.29, 1.82) is 0 Å². The number of nitrogens with one attached hydrogen (secondary N) is 2. The number of hydrogen-bond acceptors (Lipinski definition) is 6. The van der Waals surface area contributed by atoms with Crippen LogP contribution < -0.4 is 10.6 Å². The van der Waals surface area contributed by atoms with Gasteiger partial charge in [0.05, 0.1) is 12.5 Å². The van der Waals surface area contributed by atoms with Crippen LogP contribution >= 0.6 is 0 Å². The van der Waals surface area contributed by atoms with Crippen molar-refractivity contribution < 1.29 is 14.7 Å². The van der Waals surface area contributed by atoms with Crippen molar-refractivity contribution in [2.75, 3.05) is 11.9 Å². The lowest BCUT2D eigenvalue weighted by atomic mass is 9.72. The minimum atomic E-state index is -0.968. The minimum absolute atomic E-state index is 0.0641. The van der Waals surface area contributed by atoms with Crippen LogP contribution in [-0.4, -0.2) is 38.5 Å². The van der Waals surface area contributed by atoms with Crippen LogP contribution in [0.15, 0.2) is 24.5 Å². The molecule has 1 aliphatic heterocycles. The Kier molecular flexibility index (Phi) is 6.44. The summed E-state index contributed by atoms with van der Waals surface area (Å²) < 4.78 is 0. The molecule has 2 aromatic rings. The first-order valence-corrected chi connectivity index (χ1v) is 11.0. The normalized spacial score (nSPS) is 20.7. The van der Waals surface area contributed by atoms with Crippen LogP contribution in [0.4, 0.5) is 5.82 Å². The summed E-state index contributed by atoms with van der Waals surface area (Å²) >= 11 is 0. The Balaban J connectivity index is 1.26. The van der Waals surface area contributed by atoms with Crippen LogP contribution in [0.2, 0.25) is 0 Å². The van der Waals surface area contributed by atoms with E-state index < -0.39 is 12.0 Å². The summed E-state index contributed by atoms with van der Waals surface area (Å²) in [5, 5.41) is 15.5. The number of amides is 1. The molecule has 0 saturated heterocycles. The van der Waals surface area contributed by atoms with Gasteiger partial charge in [-0.2, -0.15) is 0 Å². The molecule has 0 spiro atoms. The van der Waals surface area contributed by atoms with Gasteiger partial charge in [0.25, 0.3) is 0 Å². The van der Waals surface area contributed by atoms with E-state index >= 15 is 0 Å². The zero-order chi connectivity index (χ0) is 21.8. The first-order valence-electron chi connectivity index (χ1n) is 11.0. The summed E-state index contributed by atoms with van der Waals surface area (Å²) in [5.41, 5.74) is 3.01.